The number of para-hydroxylation sites is 1. The van der Waals surface area contributed by atoms with Crippen molar-refractivity contribution in [2.24, 2.45) is 0 Å². The first-order valence-corrected chi connectivity index (χ1v) is 12.5. The number of hydrogen-bond acceptors (Lipinski definition) is 7. The van der Waals surface area contributed by atoms with E-state index in [2.05, 4.69) is 25.2 Å². The van der Waals surface area contributed by atoms with E-state index in [0.717, 1.165) is 28.4 Å². The minimum Gasteiger partial charge on any atom is -0.304 e. The van der Waals surface area contributed by atoms with Crippen LogP contribution in [0.3, 0.4) is 0 Å². The monoisotopic (exact) mass is 522 g/mol. The van der Waals surface area contributed by atoms with E-state index in [-0.39, 0.29) is 26.6 Å². The molecule has 0 fully saturated rings. The van der Waals surface area contributed by atoms with Gasteiger partial charge in [-0.05, 0) is 36.8 Å². The van der Waals surface area contributed by atoms with Crippen LogP contribution < -0.4 is 10.0 Å². The van der Waals surface area contributed by atoms with Gasteiger partial charge in [0.1, 0.15) is 5.82 Å². The zero-order chi connectivity index (χ0) is 23.6. The molecule has 0 bridgehead atoms. The van der Waals surface area contributed by atoms with Gasteiger partial charge in [-0.15, -0.1) is 10.2 Å². The number of aromatic nitrogens is 4. The van der Waals surface area contributed by atoms with Crippen LogP contribution in [-0.4, -0.2) is 34.1 Å². The number of rotatable bonds is 7. The number of carbonyl (C=O) groups excluding carboxylic acids is 1. The van der Waals surface area contributed by atoms with E-state index in [1.54, 1.807) is 12.4 Å². The van der Waals surface area contributed by atoms with E-state index in [9.17, 15) is 13.2 Å². The molecule has 0 radical (unpaired) electrons. The Morgan fingerprint density at radius 2 is 1.94 bits per heavy atom. The Labute approximate surface area is 203 Å². The van der Waals surface area contributed by atoms with E-state index >= 15 is 0 Å². The van der Waals surface area contributed by atoms with Crippen LogP contribution in [-0.2, 0) is 16.6 Å². The molecular formula is C20H16Cl2N6O3S2. The van der Waals surface area contributed by atoms with Crippen LogP contribution in [0, 0.1) is 6.92 Å². The van der Waals surface area contributed by atoms with E-state index in [0.29, 0.717) is 5.02 Å². The van der Waals surface area contributed by atoms with Crippen LogP contribution >= 0.6 is 34.5 Å². The second-order valence-corrected chi connectivity index (χ2v) is 10.5. The van der Waals surface area contributed by atoms with Gasteiger partial charge in [0.25, 0.3) is 15.9 Å². The maximum absolute atomic E-state index is 12.8. The lowest BCUT2D eigenvalue weighted by Gasteiger charge is -2.12. The standard InChI is InChI=1S/C20H16Cl2N6O3S2/c1-12-23-8-9-28(12)17-5-3-2-4-13(17)11-24-33(30,31)20-27-26-19(32-20)25-18(29)15-7-6-14(21)10-16(15)22/h2-10,24H,11H2,1H3,(H,25,26,29). The van der Waals surface area contributed by atoms with Gasteiger partial charge < -0.3 is 4.57 Å². The first kappa shape index (κ1) is 23.3. The van der Waals surface area contributed by atoms with E-state index < -0.39 is 15.9 Å². The molecule has 2 aromatic heterocycles. The summed E-state index contributed by atoms with van der Waals surface area (Å²) in [4.78, 5) is 16.6. The van der Waals surface area contributed by atoms with Crippen LogP contribution in [0.2, 0.25) is 10.0 Å². The van der Waals surface area contributed by atoms with Crippen molar-refractivity contribution in [2.45, 2.75) is 17.8 Å². The zero-order valence-electron chi connectivity index (χ0n) is 17.0. The molecule has 4 rings (SSSR count). The number of amides is 1. The molecule has 0 spiro atoms. The molecule has 2 heterocycles. The summed E-state index contributed by atoms with van der Waals surface area (Å²) in [5.74, 6) is 0.213. The summed E-state index contributed by atoms with van der Waals surface area (Å²) in [7, 11) is -3.97. The summed E-state index contributed by atoms with van der Waals surface area (Å²) < 4.78 is 29.6. The lowest BCUT2D eigenvalue weighted by atomic mass is 10.2. The average molecular weight is 523 g/mol. The van der Waals surface area contributed by atoms with Crippen LogP contribution in [0.1, 0.15) is 21.7 Å². The van der Waals surface area contributed by atoms with Crippen molar-refractivity contribution in [3.05, 3.63) is 81.9 Å². The molecule has 2 N–H and O–H groups in total. The smallest absolute Gasteiger partial charge is 0.270 e. The number of imidazole rings is 1. The van der Waals surface area contributed by atoms with Crippen molar-refractivity contribution in [3.8, 4) is 5.69 Å². The summed E-state index contributed by atoms with van der Waals surface area (Å²) in [5.41, 5.74) is 1.73. The molecule has 0 aliphatic heterocycles. The quantitative estimate of drug-likeness (QED) is 0.353. The first-order valence-electron chi connectivity index (χ1n) is 9.42. The summed E-state index contributed by atoms with van der Waals surface area (Å²) in [6.45, 7) is 1.88. The Balaban J connectivity index is 1.48. The van der Waals surface area contributed by atoms with E-state index in [1.807, 2.05) is 35.8 Å². The van der Waals surface area contributed by atoms with Crippen molar-refractivity contribution in [3.63, 3.8) is 0 Å². The number of hydrogen-bond donors (Lipinski definition) is 2. The molecule has 0 saturated heterocycles. The van der Waals surface area contributed by atoms with Gasteiger partial charge in [0.05, 0.1) is 16.3 Å². The summed E-state index contributed by atoms with van der Waals surface area (Å²) >= 11 is 12.6. The lowest BCUT2D eigenvalue weighted by molar-refractivity contribution is 0.102. The number of benzene rings is 2. The van der Waals surface area contributed by atoms with Crippen LogP contribution in [0.5, 0.6) is 0 Å². The molecule has 33 heavy (non-hydrogen) atoms. The third-order valence-electron chi connectivity index (χ3n) is 4.56. The van der Waals surface area contributed by atoms with Crippen molar-refractivity contribution in [1.82, 2.24) is 24.5 Å². The summed E-state index contributed by atoms with van der Waals surface area (Å²) in [6, 6.07) is 11.8. The van der Waals surface area contributed by atoms with Gasteiger partial charge in [-0.2, -0.15) is 0 Å². The highest BCUT2D eigenvalue weighted by Crippen LogP contribution is 2.25. The topological polar surface area (TPSA) is 119 Å². The van der Waals surface area contributed by atoms with Crippen LogP contribution in [0.25, 0.3) is 5.69 Å². The minimum absolute atomic E-state index is 0.0147. The number of anilines is 1. The van der Waals surface area contributed by atoms with Gasteiger partial charge in [0.15, 0.2) is 0 Å². The second kappa shape index (κ2) is 9.57. The highest BCUT2D eigenvalue weighted by atomic mass is 35.5. The third-order valence-corrected chi connectivity index (χ3v) is 7.72. The predicted molar refractivity (Wildman–Crippen MR) is 127 cm³/mol. The number of aryl methyl sites for hydroxylation is 1. The lowest BCUT2D eigenvalue weighted by Crippen LogP contribution is -2.24. The van der Waals surface area contributed by atoms with E-state index in [4.69, 9.17) is 23.2 Å². The molecule has 0 atom stereocenters. The average Bonchev–Trinajstić information content (AvgIpc) is 3.42. The Hall–Kier alpha value is -2.83. The van der Waals surface area contributed by atoms with Gasteiger partial charge in [-0.3, -0.25) is 10.1 Å². The largest absolute Gasteiger partial charge is 0.304 e. The molecule has 0 aliphatic rings. The van der Waals surface area contributed by atoms with Crippen molar-refractivity contribution >= 4 is 55.6 Å². The normalized spacial score (nSPS) is 11.5. The predicted octanol–water partition coefficient (Wildman–Crippen LogP) is 4.07. The minimum atomic E-state index is -3.97. The van der Waals surface area contributed by atoms with Gasteiger partial charge in [0, 0.05) is 24.0 Å². The van der Waals surface area contributed by atoms with Gasteiger partial charge in [-0.1, -0.05) is 52.7 Å². The molecule has 1 amide bonds. The Bertz CT molecular complexity index is 1440. The molecule has 9 nitrogen and oxygen atoms in total. The number of sulfonamides is 1. The maximum atomic E-state index is 12.8. The molecule has 170 valence electrons. The molecular weight excluding hydrogens is 507 g/mol. The maximum Gasteiger partial charge on any atom is 0.270 e. The van der Waals surface area contributed by atoms with Crippen molar-refractivity contribution in [2.75, 3.05) is 5.32 Å². The molecule has 0 saturated carbocycles. The zero-order valence-corrected chi connectivity index (χ0v) is 20.1. The molecule has 0 aliphatic carbocycles. The fourth-order valence-electron chi connectivity index (χ4n) is 2.97. The Morgan fingerprint density at radius 1 is 1.15 bits per heavy atom. The SMILES string of the molecule is Cc1nccn1-c1ccccc1CNS(=O)(=O)c1nnc(NC(=O)c2ccc(Cl)cc2Cl)s1. The Kier molecular flexibility index (Phi) is 6.77. The second-order valence-electron chi connectivity index (χ2n) is 6.75. The van der Waals surface area contributed by atoms with Crippen LogP contribution in [0.4, 0.5) is 5.13 Å². The highest BCUT2D eigenvalue weighted by Gasteiger charge is 2.22. The van der Waals surface area contributed by atoms with Crippen molar-refractivity contribution < 1.29 is 13.2 Å². The van der Waals surface area contributed by atoms with Gasteiger partial charge in [-0.25, -0.2) is 18.1 Å². The fourth-order valence-corrected chi connectivity index (χ4v) is 5.41. The molecule has 2 aromatic carbocycles. The fraction of sp³-hybridized carbons (Fsp3) is 0.100. The summed E-state index contributed by atoms with van der Waals surface area (Å²) in [5, 5.41) is 10.5. The highest BCUT2D eigenvalue weighted by molar-refractivity contribution is 7.91. The molecule has 4 aromatic rings. The number of nitrogens with zero attached hydrogens (tertiary/aromatic N) is 4. The van der Waals surface area contributed by atoms with Crippen molar-refractivity contribution in [1.29, 1.82) is 0 Å². The Morgan fingerprint density at radius 3 is 2.67 bits per heavy atom. The number of nitrogens with one attached hydrogen (secondary N) is 2. The van der Waals surface area contributed by atoms with Gasteiger partial charge >= 0.3 is 0 Å². The number of halogens is 2. The summed E-state index contributed by atoms with van der Waals surface area (Å²) in [6.07, 6.45) is 3.47. The van der Waals surface area contributed by atoms with E-state index in [1.165, 1.54) is 18.2 Å². The molecule has 0 unspecified atom stereocenters. The van der Waals surface area contributed by atoms with Gasteiger partial charge in [0.2, 0.25) is 9.47 Å². The third kappa shape index (κ3) is 5.23. The van der Waals surface area contributed by atoms with Crippen LogP contribution in [0.15, 0.2) is 59.2 Å². The first-order chi connectivity index (χ1) is 15.7. The number of carbonyl (C=O) groups is 1. The molecule has 13 heteroatoms.